The average Bonchev–Trinajstić information content (AvgIpc) is 3.30. The number of nitrogens with zero attached hydrogens (tertiary/aromatic N) is 2. The molecule has 0 fully saturated rings. The van der Waals surface area contributed by atoms with Crippen molar-refractivity contribution in [3.63, 3.8) is 0 Å². The molecule has 2 heterocycles. The Balaban J connectivity index is 1.52. The Morgan fingerprint density at radius 2 is 2.00 bits per heavy atom. The molecule has 4 rings (SSSR count). The van der Waals surface area contributed by atoms with E-state index in [1.54, 1.807) is 42.5 Å². The Hall–Kier alpha value is -3.32. The Kier molecular flexibility index (Phi) is 4.28. The first-order valence-corrected chi connectivity index (χ1v) is 8.06. The summed E-state index contributed by atoms with van der Waals surface area (Å²) in [7, 11) is 0. The minimum Gasteiger partial charge on any atom is -0.484 e. The molecule has 0 saturated heterocycles. The van der Waals surface area contributed by atoms with E-state index >= 15 is 0 Å². The summed E-state index contributed by atoms with van der Waals surface area (Å²) in [6, 6.07) is 13.8. The summed E-state index contributed by atoms with van der Waals surface area (Å²) in [4.78, 5) is 12.6. The third-order valence-corrected chi connectivity index (χ3v) is 4.03. The third kappa shape index (κ3) is 3.12. The van der Waals surface area contributed by atoms with Crippen LogP contribution in [0.4, 0.5) is 5.69 Å². The van der Waals surface area contributed by atoms with Gasteiger partial charge in [-0.1, -0.05) is 29.8 Å². The first kappa shape index (κ1) is 16.2. The number of carbonyl (C=O) groups excluding carboxylic acids is 1. The molecule has 0 radical (unpaired) electrons. The Labute approximate surface area is 152 Å². The number of halogens is 1. The average molecular weight is 370 g/mol. The van der Waals surface area contributed by atoms with Crippen LogP contribution in [0.3, 0.4) is 0 Å². The molecule has 0 aliphatic rings. The molecule has 2 aromatic heterocycles. The van der Waals surface area contributed by atoms with Gasteiger partial charge < -0.3 is 14.5 Å². The van der Waals surface area contributed by atoms with Crippen molar-refractivity contribution in [1.29, 1.82) is 0 Å². The van der Waals surface area contributed by atoms with Gasteiger partial charge in [-0.3, -0.25) is 4.79 Å². The van der Waals surface area contributed by atoms with Gasteiger partial charge in [0.2, 0.25) is 0 Å². The Bertz CT molecular complexity index is 1070. The van der Waals surface area contributed by atoms with Crippen LogP contribution in [0.25, 0.3) is 11.0 Å². The van der Waals surface area contributed by atoms with E-state index in [1.807, 2.05) is 6.07 Å². The van der Waals surface area contributed by atoms with Gasteiger partial charge in [-0.25, -0.2) is 4.63 Å². The minimum absolute atomic E-state index is 0.0647. The number of nitrogens with one attached hydrogen (secondary N) is 1. The maximum atomic E-state index is 12.6. The van der Waals surface area contributed by atoms with Crippen molar-refractivity contribution in [1.82, 2.24) is 10.3 Å². The smallest absolute Gasteiger partial charge is 0.259 e. The predicted molar refractivity (Wildman–Crippen MR) is 94.2 cm³/mol. The molecule has 130 valence electrons. The lowest BCUT2D eigenvalue weighted by Gasteiger charge is -2.08. The van der Waals surface area contributed by atoms with Crippen LogP contribution in [-0.4, -0.2) is 16.2 Å². The lowest BCUT2D eigenvalue weighted by Crippen LogP contribution is -2.14. The van der Waals surface area contributed by atoms with E-state index in [4.69, 9.17) is 25.4 Å². The zero-order valence-corrected chi connectivity index (χ0v) is 14.1. The number of hydrogen-bond donors (Lipinski definition) is 1. The fourth-order valence-electron chi connectivity index (χ4n) is 2.46. The van der Waals surface area contributed by atoms with Crippen molar-refractivity contribution in [2.24, 2.45) is 0 Å². The summed E-state index contributed by atoms with van der Waals surface area (Å²) in [5.74, 6) is 0.537. The molecule has 0 unspecified atom stereocenters. The fraction of sp³-hybridized carbons (Fsp3) is 0.0556. The first-order chi connectivity index (χ1) is 12.7. The highest BCUT2D eigenvalue weighted by molar-refractivity contribution is 6.32. The van der Waals surface area contributed by atoms with E-state index in [2.05, 4.69) is 15.6 Å². The largest absolute Gasteiger partial charge is 0.484 e. The summed E-state index contributed by atoms with van der Waals surface area (Å²) in [5, 5.41) is 10.8. The van der Waals surface area contributed by atoms with E-state index in [0.29, 0.717) is 38.8 Å². The van der Waals surface area contributed by atoms with E-state index in [9.17, 15) is 4.79 Å². The Morgan fingerprint density at radius 3 is 2.88 bits per heavy atom. The van der Waals surface area contributed by atoms with Crippen molar-refractivity contribution in [2.75, 3.05) is 5.32 Å². The van der Waals surface area contributed by atoms with Crippen LogP contribution in [-0.2, 0) is 6.61 Å². The molecular formula is C18H12ClN3O4. The first-order valence-electron chi connectivity index (χ1n) is 7.69. The van der Waals surface area contributed by atoms with Crippen LogP contribution in [0.1, 0.15) is 16.1 Å². The molecule has 0 spiro atoms. The molecule has 4 aromatic rings. The van der Waals surface area contributed by atoms with Gasteiger partial charge in [-0.05, 0) is 40.6 Å². The molecule has 0 atom stereocenters. The van der Waals surface area contributed by atoms with Gasteiger partial charge in [0.1, 0.15) is 17.9 Å². The van der Waals surface area contributed by atoms with Gasteiger partial charge in [0.15, 0.2) is 11.3 Å². The normalized spacial score (nSPS) is 10.8. The monoisotopic (exact) mass is 369 g/mol. The van der Waals surface area contributed by atoms with E-state index < -0.39 is 0 Å². The number of aromatic nitrogens is 2. The standard InChI is InChI=1S/C18H12ClN3O4/c19-12-4-1-2-7-15(12)25-10-16-11(8-9-24-16)18(23)20-13-5-3-6-14-17(13)22-26-21-14/h1-9H,10H2,(H,20,23). The zero-order chi connectivity index (χ0) is 17.9. The molecule has 8 heteroatoms. The number of amides is 1. The van der Waals surface area contributed by atoms with Crippen LogP contribution in [0.5, 0.6) is 5.75 Å². The van der Waals surface area contributed by atoms with E-state index in [-0.39, 0.29) is 12.5 Å². The zero-order valence-electron chi connectivity index (χ0n) is 13.3. The molecule has 0 bridgehead atoms. The molecule has 0 aliphatic heterocycles. The van der Waals surface area contributed by atoms with Crippen LogP contribution >= 0.6 is 11.6 Å². The summed E-state index contributed by atoms with van der Waals surface area (Å²) in [6.07, 6.45) is 1.43. The summed E-state index contributed by atoms with van der Waals surface area (Å²) < 4.78 is 15.7. The number of fused-ring (bicyclic) bond motifs is 1. The Morgan fingerprint density at radius 1 is 1.12 bits per heavy atom. The maximum Gasteiger partial charge on any atom is 0.259 e. The highest BCUT2D eigenvalue weighted by Crippen LogP contribution is 2.25. The number of anilines is 1. The van der Waals surface area contributed by atoms with Crippen molar-refractivity contribution >= 4 is 34.2 Å². The van der Waals surface area contributed by atoms with Crippen LogP contribution in [0.15, 0.2) is 63.8 Å². The number of para-hydroxylation sites is 1. The number of benzene rings is 2. The van der Waals surface area contributed by atoms with E-state index in [0.717, 1.165) is 0 Å². The van der Waals surface area contributed by atoms with Gasteiger partial charge in [0.25, 0.3) is 5.91 Å². The molecule has 2 aromatic carbocycles. The maximum absolute atomic E-state index is 12.6. The van der Waals surface area contributed by atoms with Crippen LogP contribution < -0.4 is 10.1 Å². The molecule has 1 N–H and O–H groups in total. The lowest BCUT2D eigenvalue weighted by molar-refractivity contribution is 0.102. The third-order valence-electron chi connectivity index (χ3n) is 3.72. The highest BCUT2D eigenvalue weighted by atomic mass is 35.5. The van der Waals surface area contributed by atoms with E-state index in [1.165, 1.54) is 6.26 Å². The highest BCUT2D eigenvalue weighted by Gasteiger charge is 2.17. The number of rotatable bonds is 5. The summed E-state index contributed by atoms with van der Waals surface area (Å²) >= 11 is 6.06. The van der Waals surface area contributed by atoms with Gasteiger partial charge in [0.05, 0.1) is 22.5 Å². The quantitative estimate of drug-likeness (QED) is 0.564. The predicted octanol–water partition coefficient (Wildman–Crippen LogP) is 4.30. The van der Waals surface area contributed by atoms with Crippen molar-refractivity contribution in [3.8, 4) is 5.75 Å². The number of hydrogen-bond acceptors (Lipinski definition) is 6. The summed E-state index contributed by atoms with van der Waals surface area (Å²) in [6.45, 7) is 0.0647. The minimum atomic E-state index is -0.355. The van der Waals surface area contributed by atoms with Gasteiger partial charge in [0, 0.05) is 0 Å². The van der Waals surface area contributed by atoms with Gasteiger partial charge in [-0.2, -0.15) is 0 Å². The number of carbonyl (C=O) groups is 1. The lowest BCUT2D eigenvalue weighted by atomic mass is 10.2. The molecule has 7 nitrogen and oxygen atoms in total. The number of furan rings is 1. The summed E-state index contributed by atoms with van der Waals surface area (Å²) in [5.41, 5.74) is 1.87. The molecule has 0 aliphatic carbocycles. The second kappa shape index (κ2) is 6.89. The van der Waals surface area contributed by atoms with Crippen molar-refractivity contribution in [2.45, 2.75) is 6.61 Å². The second-order valence-electron chi connectivity index (χ2n) is 5.37. The molecular weight excluding hydrogens is 358 g/mol. The van der Waals surface area contributed by atoms with Crippen molar-refractivity contribution in [3.05, 3.63) is 71.1 Å². The van der Waals surface area contributed by atoms with Gasteiger partial charge in [-0.15, -0.1) is 0 Å². The van der Waals surface area contributed by atoms with Crippen LogP contribution in [0, 0.1) is 0 Å². The molecule has 1 amide bonds. The van der Waals surface area contributed by atoms with Crippen molar-refractivity contribution < 1.29 is 18.6 Å². The molecule has 26 heavy (non-hydrogen) atoms. The topological polar surface area (TPSA) is 90.4 Å². The fourth-order valence-corrected chi connectivity index (χ4v) is 2.65. The SMILES string of the molecule is O=C(Nc1cccc2nonc12)c1ccoc1COc1ccccc1Cl. The van der Waals surface area contributed by atoms with Crippen LogP contribution in [0.2, 0.25) is 5.02 Å². The molecule has 0 saturated carbocycles. The van der Waals surface area contributed by atoms with Gasteiger partial charge >= 0.3 is 0 Å². The number of ether oxygens (including phenoxy) is 1. The second-order valence-corrected chi connectivity index (χ2v) is 5.78.